The average Bonchev–Trinajstić information content (AvgIpc) is 3.02. The van der Waals surface area contributed by atoms with Crippen molar-refractivity contribution >= 4 is 23.4 Å². The molecule has 2 N–H and O–H groups in total. The number of thioether (sulfide) groups is 1. The van der Waals surface area contributed by atoms with Crippen molar-refractivity contribution in [2.45, 2.75) is 25.0 Å². The lowest BCUT2D eigenvalue weighted by Gasteiger charge is -2.09. The minimum absolute atomic E-state index is 0.0611. The van der Waals surface area contributed by atoms with E-state index >= 15 is 0 Å². The molecule has 1 aromatic heterocycles. The molecule has 0 fully saturated rings. The Morgan fingerprint density at radius 2 is 2.04 bits per heavy atom. The number of nitrogens with one attached hydrogen (secondary N) is 2. The van der Waals surface area contributed by atoms with E-state index in [1.807, 2.05) is 30.3 Å². The maximum Gasteiger partial charge on any atom is 0.343 e. The second kappa shape index (κ2) is 8.68. The maximum absolute atomic E-state index is 13.3. The molecule has 3 rings (SSSR count). The Bertz CT molecular complexity index is 985. The number of hydrogen-bond donors (Lipinski definition) is 2. The number of nitrogens with zero attached hydrogens (tertiary/aromatic N) is 2. The van der Waals surface area contributed by atoms with Crippen LogP contribution in [0, 0.1) is 12.7 Å². The van der Waals surface area contributed by atoms with Crippen LogP contribution in [0.3, 0.4) is 0 Å². The van der Waals surface area contributed by atoms with Crippen LogP contribution in [0.5, 0.6) is 0 Å². The number of halogens is 1. The lowest BCUT2D eigenvalue weighted by molar-refractivity contribution is -0.113. The predicted molar refractivity (Wildman–Crippen MR) is 103 cm³/mol. The summed E-state index contributed by atoms with van der Waals surface area (Å²) >= 11 is 1.16. The van der Waals surface area contributed by atoms with Crippen molar-refractivity contribution < 1.29 is 9.18 Å². The van der Waals surface area contributed by atoms with E-state index in [1.165, 1.54) is 16.7 Å². The summed E-state index contributed by atoms with van der Waals surface area (Å²) in [7, 11) is 0. The Morgan fingerprint density at radius 1 is 1.26 bits per heavy atom. The zero-order chi connectivity index (χ0) is 19.2. The van der Waals surface area contributed by atoms with E-state index in [1.54, 1.807) is 13.0 Å². The number of anilines is 1. The summed E-state index contributed by atoms with van der Waals surface area (Å²) in [6.45, 7) is 2.25. The maximum atomic E-state index is 13.3. The SMILES string of the molecule is Cc1ccc(F)cc1NC(=O)CSc1n[nH]c(=O)n1CCc1ccccc1. The van der Waals surface area contributed by atoms with Gasteiger partial charge in [0, 0.05) is 12.2 Å². The van der Waals surface area contributed by atoms with Crippen molar-refractivity contribution in [2.75, 3.05) is 11.1 Å². The fourth-order valence-corrected chi connectivity index (χ4v) is 3.31. The highest BCUT2D eigenvalue weighted by Crippen LogP contribution is 2.18. The van der Waals surface area contributed by atoms with Crippen molar-refractivity contribution in [2.24, 2.45) is 0 Å². The second-order valence-electron chi connectivity index (χ2n) is 5.99. The van der Waals surface area contributed by atoms with Gasteiger partial charge < -0.3 is 5.32 Å². The smallest absolute Gasteiger partial charge is 0.325 e. The number of aromatic nitrogens is 3. The van der Waals surface area contributed by atoms with Crippen LogP contribution < -0.4 is 11.0 Å². The van der Waals surface area contributed by atoms with Crippen molar-refractivity contribution in [3.63, 3.8) is 0 Å². The summed E-state index contributed by atoms with van der Waals surface area (Å²) in [6, 6.07) is 14.0. The number of amides is 1. The summed E-state index contributed by atoms with van der Waals surface area (Å²) in [4.78, 5) is 24.1. The molecule has 0 aliphatic heterocycles. The minimum atomic E-state index is -0.411. The van der Waals surface area contributed by atoms with Gasteiger partial charge in [-0.1, -0.05) is 48.2 Å². The van der Waals surface area contributed by atoms with Crippen LogP contribution in [0.1, 0.15) is 11.1 Å². The summed E-state index contributed by atoms with van der Waals surface area (Å²) in [5, 5.41) is 9.53. The van der Waals surface area contributed by atoms with Gasteiger partial charge in [0.2, 0.25) is 5.91 Å². The molecule has 0 spiro atoms. The molecule has 0 bridgehead atoms. The van der Waals surface area contributed by atoms with E-state index in [-0.39, 0.29) is 17.3 Å². The number of carbonyl (C=O) groups excluding carboxylic acids is 1. The monoisotopic (exact) mass is 386 g/mol. The molecule has 2 aromatic carbocycles. The van der Waals surface area contributed by atoms with Crippen LogP contribution >= 0.6 is 11.8 Å². The van der Waals surface area contributed by atoms with Crippen molar-refractivity contribution in [3.05, 3.63) is 76.0 Å². The Labute approximate surface area is 159 Å². The molecule has 8 heteroatoms. The Morgan fingerprint density at radius 3 is 2.81 bits per heavy atom. The van der Waals surface area contributed by atoms with E-state index in [9.17, 15) is 14.0 Å². The molecule has 0 saturated heterocycles. The first-order valence-corrected chi connectivity index (χ1v) is 9.39. The first-order valence-electron chi connectivity index (χ1n) is 8.41. The number of benzene rings is 2. The molecule has 3 aromatic rings. The first kappa shape index (κ1) is 18.9. The highest BCUT2D eigenvalue weighted by Gasteiger charge is 2.12. The third kappa shape index (κ3) is 5.07. The fraction of sp³-hybridized carbons (Fsp3) is 0.211. The molecule has 27 heavy (non-hydrogen) atoms. The molecule has 0 saturated carbocycles. The molecule has 0 aliphatic rings. The Kier molecular flexibility index (Phi) is 6.08. The lowest BCUT2D eigenvalue weighted by Crippen LogP contribution is -2.20. The van der Waals surface area contributed by atoms with E-state index < -0.39 is 5.82 Å². The molecular formula is C19H19FN4O2S. The van der Waals surface area contributed by atoms with Crippen LogP contribution in [0.25, 0.3) is 0 Å². The van der Waals surface area contributed by atoms with Gasteiger partial charge in [0.05, 0.1) is 5.75 Å². The molecule has 0 aliphatic carbocycles. The van der Waals surface area contributed by atoms with E-state index in [2.05, 4.69) is 15.5 Å². The van der Waals surface area contributed by atoms with E-state index in [0.29, 0.717) is 23.8 Å². The molecule has 0 atom stereocenters. The van der Waals surface area contributed by atoms with Gasteiger partial charge in [-0.05, 0) is 36.6 Å². The lowest BCUT2D eigenvalue weighted by atomic mass is 10.1. The largest absolute Gasteiger partial charge is 0.343 e. The normalized spacial score (nSPS) is 10.7. The molecule has 6 nitrogen and oxygen atoms in total. The van der Waals surface area contributed by atoms with Gasteiger partial charge in [-0.15, -0.1) is 5.10 Å². The van der Waals surface area contributed by atoms with Crippen LogP contribution in [0.15, 0.2) is 58.5 Å². The number of hydrogen-bond acceptors (Lipinski definition) is 4. The molecule has 0 unspecified atom stereocenters. The van der Waals surface area contributed by atoms with Gasteiger partial charge in [0.25, 0.3) is 0 Å². The predicted octanol–water partition coefficient (Wildman–Crippen LogP) is 2.99. The zero-order valence-corrected chi connectivity index (χ0v) is 15.6. The topological polar surface area (TPSA) is 79.8 Å². The highest BCUT2D eigenvalue weighted by atomic mass is 32.2. The summed E-state index contributed by atoms with van der Waals surface area (Å²) in [5.74, 6) is -0.643. The van der Waals surface area contributed by atoms with Gasteiger partial charge in [0.1, 0.15) is 5.82 Å². The number of aromatic amines is 1. The number of rotatable bonds is 7. The third-order valence-corrected chi connectivity index (χ3v) is 4.97. The highest BCUT2D eigenvalue weighted by molar-refractivity contribution is 7.99. The van der Waals surface area contributed by atoms with E-state index in [4.69, 9.17) is 0 Å². The molecule has 0 radical (unpaired) electrons. The number of H-pyrrole nitrogens is 1. The van der Waals surface area contributed by atoms with Crippen molar-refractivity contribution in [3.8, 4) is 0 Å². The van der Waals surface area contributed by atoms with Crippen LogP contribution in [-0.4, -0.2) is 26.4 Å². The molecule has 1 amide bonds. The van der Waals surface area contributed by atoms with Gasteiger partial charge in [-0.3, -0.25) is 9.36 Å². The first-order chi connectivity index (χ1) is 13.0. The average molecular weight is 386 g/mol. The molecule has 140 valence electrons. The molecular weight excluding hydrogens is 367 g/mol. The van der Waals surface area contributed by atoms with Gasteiger partial charge in [-0.2, -0.15) is 0 Å². The van der Waals surface area contributed by atoms with Crippen molar-refractivity contribution in [1.82, 2.24) is 14.8 Å². The van der Waals surface area contributed by atoms with Gasteiger partial charge in [0.15, 0.2) is 5.16 Å². The molecule has 1 heterocycles. The number of aryl methyl sites for hydroxylation is 2. The number of carbonyl (C=O) groups is 1. The quantitative estimate of drug-likeness (QED) is 0.612. The van der Waals surface area contributed by atoms with Gasteiger partial charge >= 0.3 is 5.69 Å². The van der Waals surface area contributed by atoms with Crippen LogP contribution in [0.4, 0.5) is 10.1 Å². The van der Waals surface area contributed by atoms with Crippen molar-refractivity contribution in [1.29, 1.82) is 0 Å². The standard InChI is InChI=1S/C19H19FN4O2S/c1-13-7-8-15(20)11-16(13)21-17(25)12-27-19-23-22-18(26)24(19)10-9-14-5-3-2-4-6-14/h2-8,11H,9-10,12H2,1H3,(H,21,25)(H,22,26). The Balaban J connectivity index is 1.60. The zero-order valence-electron chi connectivity index (χ0n) is 14.7. The minimum Gasteiger partial charge on any atom is -0.325 e. The summed E-state index contributed by atoms with van der Waals surface area (Å²) < 4.78 is 14.8. The third-order valence-electron chi connectivity index (χ3n) is 4.00. The Hall–Kier alpha value is -2.87. The van der Waals surface area contributed by atoms with Gasteiger partial charge in [-0.25, -0.2) is 14.3 Å². The van der Waals surface area contributed by atoms with Crippen LogP contribution in [0.2, 0.25) is 0 Å². The van der Waals surface area contributed by atoms with Crippen LogP contribution in [-0.2, 0) is 17.8 Å². The fourth-order valence-electron chi connectivity index (χ4n) is 2.54. The second-order valence-corrected chi connectivity index (χ2v) is 6.94. The summed E-state index contributed by atoms with van der Waals surface area (Å²) in [5.41, 5.74) is 2.01. The summed E-state index contributed by atoms with van der Waals surface area (Å²) in [6.07, 6.45) is 0.683. The van der Waals surface area contributed by atoms with E-state index in [0.717, 1.165) is 22.9 Å².